The molecule has 5 nitrogen and oxygen atoms in total. The van der Waals surface area contributed by atoms with Crippen LogP contribution in [-0.2, 0) is 6.42 Å². The Balaban J connectivity index is 0.00000182. The molecule has 0 aliphatic rings. The van der Waals surface area contributed by atoms with Gasteiger partial charge in [0.2, 0.25) is 0 Å². The number of pyridine rings is 1. The molecule has 128 valence electrons. The average Bonchev–Trinajstić information content (AvgIpc) is 3.10. The van der Waals surface area contributed by atoms with Crippen LogP contribution >= 0.6 is 12.4 Å². The largest absolute Gasteiger partial charge is 0.497 e. The topological polar surface area (TPSA) is 62.8 Å². The van der Waals surface area contributed by atoms with Crippen LogP contribution in [0.2, 0.25) is 0 Å². The molecule has 0 radical (unpaired) electrons. The van der Waals surface area contributed by atoms with Crippen LogP contribution in [0.15, 0.2) is 48.8 Å². The Kier molecular flexibility index (Phi) is 4.76. The number of rotatable bonds is 4. The second kappa shape index (κ2) is 6.99. The molecule has 0 bridgehead atoms. The van der Waals surface area contributed by atoms with E-state index in [0.717, 1.165) is 51.2 Å². The summed E-state index contributed by atoms with van der Waals surface area (Å²) in [5.74, 6) is 0.838. The van der Waals surface area contributed by atoms with Gasteiger partial charge in [-0.05, 0) is 48.9 Å². The van der Waals surface area contributed by atoms with E-state index in [2.05, 4.69) is 28.3 Å². The first kappa shape index (κ1) is 17.0. The fraction of sp³-hybridized carbons (Fsp3) is 0.158. The van der Waals surface area contributed by atoms with Crippen LogP contribution in [0, 0.1) is 0 Å². The zero-order valence-electron chi connectivity index (χ0n) is 14.0. The number of fused-ring (bicyclic) bond motifs is 3. The molecule has 2 N–H and O–H groups in total. The maximum atomic E-state index is 5.22. The van der Waals surface area contributed by atoms with Crippen LogP contribution in [0.25, 0.3) is 21.9 Å². The zero-order chi connectivity index (χ0) is 16.5. The average molecular weight is 355 g/mol. The molecule has 4 aromatic rings. The van der Waals surface area contributed by atoms with Crippen LogP contribution in [0.5, 0.6) is 5.75 Å². The van der Waals surface area contributed by atoms with Crippen molar-refractivity contribution in [1.29, 1.82) is 0 Å². The van der Waals surface area contributed by atoms with Gasteiger partial charge in [0.15, 0.2) is 0 Å². The summed E-state index contributed by atoms with van der Waals surface area (Å²) in [6.45, 7) is 2.11. The second-order valence-electron chi connectivity index (χ2n) is 5.62. The SMILES string of the molecule is CCc1cc(Nc2ccc(OC)cc2)c2c(ccc3nc[nH]c32)n1.Cl. The molecule has 0 amide bonds. The van der Waals surface area contributed by atoms with E-state index in [4.69, 9.17) is 9.72 Å². The number of H-pyrrole nitrogens is 1. The molecule has 0 unspecified atom stereocenters. The van der Waals surface area contributed by atoms with Crippen LogP contribution in [0.1, 0.15) is 12.6 Å². The van der Waals surface area contributed by atoms with Crippen LogP contribution in [-0.4, -0.2) is 22.1 Å². The lowest BCUT2D eigenvalue weighted by Gasteiger charge is -2.12. The summed E-state index contributed by atoms with van der Waals surface area (Å²) in [4.78, 5) is 12.3. The Labute approximate surface area is 151 Å². The monoisotopic (exact) mass is 354 g/mol. The standard InChI is InChI=1S/C19H18N4O.ClH/c1-3-12-10-17(23-13-4-6-14(24-2)7-5-13)18-15(22-12)8-9-16-19(18)21-11-20-16;/h4-11H,3H2,1-2H3,(H,20,21)(H,22,23);1H. The first-order valence-electron chi connectivity index (χ1n) is 7.95. The summed E-state index contributed by atoms with van der Waals surface area (Å²) in [7, 11) is 1.67. The van der Waals surface area contributed by atoms with Gasteiger partial charge in [0.25, 0.3) is 0 Å². The van der Waals surface area contributed by atoms with Crippen molar-refractivity contribution in [3.8, 4) is 5.75 Å². The highest BCUT2D eigenvalue weighted by Gasteiger charge is 2.11. The third-order valence-electron chi connectivity index (χ3n) is 4.15. The first-order chi connectivity index (χ1) is 11.8. The van der Waals surface area contributed by atoms with E-state index >= 15 is 0 Å². The summed E-state index contributed by atoms with van der Waals surface area (Å²) in [5, 5.41) is 4.57. The lowest BCUT2D eigenvalue weighted by molar-refractivity contribution is 0.415. The normalized spacial score (nSPS) is 10.6. The number of aromatic amines is 1. The van der Waals surface area contributed by atoms with E-state index in [0.29, 0.717) is 0 Å². The van der Waals surface area contributed by atoms with E-state index in [1.54, 1.807) is 13.4 Å². The number of methoxy groups -OCH3 is 1. The Morgan fingerprint density at radius 3 is 2.56 bits per heavy atom. The zero-order valence-corrected chi connectivity index (χ0v) is 14.9. The van der Waals surface area contributed by atoms with E-state index < -0.39 is 0 Å². The number of hydrogen-bond acceptors (Lipinski definition) is 4. The van der Waals surface area contributed by atoms with Crippen molar-refractivity contribution in [2.24, 2.45) is 0 Å². The number of halogens is 1. The van der Waals surface area contributed by atoms with Crippen molar-refractivity contribution in [3.63, 3.8) is 0 Å². The summed E-state index contributed by atoms with van der Waals surface area (Å²) in [6.07, 6.45) is 2.60. The minimum atomic E-state index is 0. The fourth-order valence-corrected chi connectivity index (χ4v) is 2.90. The van der Waals surface area contributed by atoms with Gasteiger partial charge in [0.05, 0.1) is 35.7 Å². The summed E-state index contributed by atoms with van der Waals surface area (Å²) in [6, 6.07) is 14.0. The van der Waals surface area contributed by atoms with Crippen LogP contribution in [0.4, 0.5) is 11.4 Å². The number of nitrogens with zero attached hydrogens (tertiary/aromatic N) is 2. The maximum Gasteiger partial charge on any atom is 0.119 e. The fourth-order valence-electron chi connectivity index (χ4n) is 2.90. The van der Waals surface area contributed by atoms with Gasteiger partial charge >= 0.3 is 0 Å². The van der Waals surface area contributed by atoms with E-state index in [1.165, 1.54) is 0 Å². The highest BCUT2D eigenvalue weighted by atomic mass is 35.5. The Hall–Kier alpha value is -2.79. The molecule has 4 rings (SSSR count). The lowest BCUT2D eigenvalue weighted by atomic mass is 10.1. The second-order valence-corrected chi connectivity index (χ2v) is 5.62. The molecule has 0 spiro atoms. The Morgan fingerprint density at radius 1 is 1.08 bits per heavy atom. The van der Waals surface area contributed by atoms with E-state index in [-0.39, 0.29) is 12.4 Å². The van der Waals surface area contributed by atoms with Crippen molar-refractivity contribution in [2.75, 3.05) is 12.4 Å². The van der Waals surface area contributed by atoms with E-state index in [1.807, 2.05) is 36.4 Å². The quantitative estimate of drug-likeness (QED) is 0.550. The summed E-state index contributed by atoms with van der Waals surface area (Å²) >= 11 is 0. The number of hydrogen-bond donors (Lipinski definition) is 2. The number of nitrogens with one attached hydrogen (secondary N) is 2. The number of anilines is 2. The molecule has 0 atom stereocenters. The van der Waals surface area contributed by atoms with E-state index in [9.17, 15) is 0 Å². The van der Waals surface area contributed by atoms with Gasteiger partial charge in [-0.25, -0.2) is 4.98 Å². The first-order valence-corrected chi connectivity index (χ1v) is 7.95. The van der Waals surface area contributed by atoms with Gasteiger partial charge in [0, 0.05) is 16.8 Å². The highest BCUT2D eigenvalue weighted by Crippen LogP contribution is 2.32. The number of aromatic nitrogens is 3. The molecule has 6 heteroatoms. The van der Waals surface area contributed by atoms with Crippen LogP contribution < -0.4 is 10.1 Å². The lowest BCUT2D eigenvalue weighted by Crippen LogP contribution is -1.97. The molecule has 2 heterocycles. The summed E-state index contributed by atoms with van der Waals surface area (Å²) < 4.78 is 5.22. The molecular formula is C19H19ClN4O. The molecule has 0 fully saturated rings. The van der Waals surface area contributed by atoms with Crippen molar-refractivity contribution in [2.45, 2.75) is 13.3 Å². The van der Waals surface area contributed by atoms with Crippen molar-refractivity contribution in [3.05, 3.63) is 54.5 Å². The third kappa shape index (κ3) is 3.10. The highest BCUT2D eigenvalue weighted by molar-refractivity contribution is 6.10. The Morgan fingerprint density at radius 2 is 1.84 bits per heavy atom. The molecule has 25 heavy (non-hydrogen) atoms. The molecule has 0 aliphatic heterocycles. The molecule has 0 saturated carbocycles. The molecule has 0 aliphatic carbocycles. The molecule has 2 aromatic heterocycles. The predicted molar refractivity (Wildman–Crippen MR) is 104 cm³/mol. The number of benzene rings is 2. The van der Waals surface area contributed by atoms with Gasteiger partial charge in [0.1, 0.15) is 5.75 Å². The number of ether oxygens (including phenoxy) is 1. The predicted octanol–water partition coefficient (Wildman–Crippen LogP) is 4.85. The van der Waals surface area contributed by atoms with Crippen LogP contribution in [0.3, 0.4) is 0 Å². The van der Waals surface area contributed by atoms with Gasteiger partial charge < -0.3 is 15.0 Å². The molecule has 0 saturated heterocycles. The molecule has 2 aromatic carbocycles. The minimum absolute atomic E-state index is 0. The minimum Gasteiger partial charge on any atom is -0.497 e. The van der Waals surface area contributed by atoms with Gasteiger partial charge in [-0.15, -0.1) is 12.4 Å². The van der Waals surface area contributed by atoms with Crippen molar-refractivity contribution in [1.82, 2.24) is 15.0 Å². The number of imidazole rings is 1. The van der Waals surface area contributed by atoms with Gasteiger partial charge in [-0.3, -0.25) is 4.98 Å². The van der Waals surface area contributed by atoms with Gasteiger partial charge in [-0.1, -0.05) is 6.92 Å². The smallest absolute Gasteiger partial charge is 0.119 e. The summed E-state index contributed by atoms with van der Waals surface area (Å²) in [5.41, 5.74) is 5.98. The van der Waals surface area contributed by atoms with Gasteiger partial charge in [-0.2, -0.15) is 0 Å². The number of aryl methyl sites for hydroxylation is 1. The molecular weight excluding hydrogens is 336 g/mol. The maximum absolute atomic E-state index is 5.22. The Bertz CT molecular complexity index is 1010. The third-order valence-corrected chi connectivity index (χ3v) is 4.15. The van der Waals surface area contributed by atoms with Crippen molar-refractivity contribution < 1.29 is 4.74 Å². The van der Waals surface area contributed by atoms with Crippen molar-refractivity contribution >= 4 is 45.7 Å².